The zero-order chi connectivity index (χ0) is 19.8. The summed E-state index contributed by atoms with van der Waals surface area (Å²) in [4.78, 5) is 27.0. The summed E-state index contributed by atoms with van der Waals surface area (Å²) in [6, 6.07) is 4.58. The second-order valence-electron chi connectivity index (χ2n) is 6.13. The first-order valence-electron chi connectivity index (χ1n) is 8.23. The van der Waals surface area contributed by atoms with E-state index < -0.39 is 36.4 Å². The Labute approximate surface area is 157 Å². The van der Waals surface area contributed by atoms with Crippen molar-refractivity contribution < 1.29 is 38.7 Å². The number of nitrogens with zero attached hydrogens (tertiary/aromatic N) is 3. The maximum atomic E-state index is 12.2. The minimum atomic E-state index is -1.38. The monoisotopic (exact) mass is 392 g/mol. The SMILES string of the molecule is NC(=O)c1ncn([C@@H]2O[C@H](COC(=O)c3ccc4c(c3)OCO4)C(O)[C@H]2O)n1. The van der Waals surface area contributed by atoms with Gasteiger partial charge in [-0.15, -0.1) is 5.10 Å². The number of ether oxygens (including phenoxy) is 4. The minimum Gasteiger partial charge on any atom is -0.459 e. The number of fused-ring (bicyclic) bond motifs is 1. The van der Waals surface area contributed by atoms with Crippen molar-refractivity contribution in [1.29, 1.82) is 0 Å². The number of benzene rings is 1. The fourth-order valence-corrected chi connectivity index (χ4v) is 2.86. The van der Waals surface area contributed by atoms with E-state index in [4.69, 9.17) is 24.7 Å². The van der Waals surface area contributed by atoms with Gasteiger partial charge in [0, 0.05) is 0 Å². The van der Waals surface area contributed by atoms with Gasteiger partial charge in [0.25, 0.3) is 5.91 Å². The molecule has 0 spiro atoms. The van der Waals surface area contributed by atoms with Crippen LogP contribution in [0.4, 0.5) is 0 Å². The summed E-state index contributed by atoms with van der Waals surface area (Å²) in [6.45, 7) is -0.242. The highest BCUT2D eigenvalue weighted by molar-refractivity contribution is 5.90. The predicted molar refractivity (Wildman–Crippen MR) is 87.3 cm³/mol. The van der Waals surface area contributed by atoms with E-state index in [0.717, 1.165) is 11.0 Å². The van der Waals surface area contributed by atoms with Gasteiger partial charge in [-0.1, -0.05) is 0 Å². The molecule has 1 fully saturated rings. The smallest absolute Gasteiger partial charge is 0.338 e. The Bertz CT molecular complexity index is 916. The van der Waals surface area contributed by atoms with Crippen molar-refractivity contribution >= 4 is 11.9 Å². The number of nitrogens with two attached hydrogens (primary N) is 1. The summed E-state index contributed by atoms with van der Waals surface area (Å²) < 4.78 is 22.1. The molecule has 2 aliphatic heterocycles. The lowest BCUT2D eigenvalue weighted by Gasteiger charge is -2.14. The minimum absolute atomic E-state index is 0.0783. The summed E-state index contributed by atoms with van der Waals surface area (Å²) in [5.74, 6) is -0.813. The second-order valence-corrected chi connectivity index (χ2v) is 6.13. The average Bonchev–Trinajstić information content (AvgIpc) is 3.40. The zero-order valence-electron chi connectivity index (χ0n) is 14.3. The van der Waals surface area contributed by atoms with E-state index in [9.17, 15) is 19.8 Å². The Morgan fingerprint density at radius 2 is 2.04 bits per heavy atom. The molecule has 1 saturated heterocycles. The van der Waals surface area contributed by atoms with Gasteiger partial charge in [-0.2, -0.15) is 0 Å². The third-order valence-corrected chi connectivity index (χ3v) is 4.31. The molecule has 28 heavy (non-hydrogen) atoms. The first-order chi connectivity index (χ1) is 13.4. The van der Waals surface area contributed by atoms with Crippen LogP contribution < -0.4 is 15.2 Å². The highest BCUT2D eigenvalue weighted by Crippen LogP contribution is 2.33. The Balaban J connectivity index is 1.39. The number of rotatable bonds is 5. The molecule has 4 N–H and O–H groups in total. The number of primary amides is 1. The third kappa shape index (κ3) is 3.24. The van der Waals surface area contributed by atoms with E-state index in [0.29, 0.717) is 11.5 Å². The second kappa shape index (κ2) is 7.07. The topological polar surface area (TPSA) is 168 Å². The molecule has 3 heterocycles. The van der Waals surface area contributed by atoms with Crippen LogP contribution in [0.25, 0.3) is 0 Å². The van der Waals surface area contributed by atoms with Crippen molar-refractivity contribution in [3.05, 3.63) is 35.9 Å². The number of amides is 1. The van der Waals surface area contributed by atoms with E-state index in [1.807, 2.05) is 0 Å². The zero-order valence-corrected chi connectivity index (χ0v) is 14.3. The standard InChI is InChI=1S/C16H16N4O8/c17-13(23)14-18-5-20(19-14)15-12(22)11(21)10(28-15)4-25-16(24)7-1-2-8-9(3-7)27-6-26-8/h1-3,5,10-12,15,21-22H,4,6H2,(H2,17,23)/t10-,11?,12-,15-/m1/s1. The molecule has 4 rings (SSSR count). The van der Waals surface area contributed by atoms with Crippen molar-refractivity contribution in [2.75, 3.05) is 13.4 Å². The van der Waals surface area contributed by atoms with Crippen molar-refractivity contribution in [3.63, 3.8) is 0 Å². The molecule has 0 saturated carbocycles. The van der Waals surface area contributed by atoms with Crippen molar-refractivity contribution in [1.82, 2.24) is 14.8 Å². The van der Waals surface area contributed by atoms with Gasteiger partial charge in [0.1, 0.15) is 31.2 Å². The first-order valence-corrected chi connectivity index (χ1v) is 8.23. The van der Waals surface area contributed by atoms with Crippen molar-refractivity contribution in [2.45, 2.75) is 24.5 Å². The molecule has 0 radical (unpaired) electrons. The Hall–Kier alpha value is -3.22. The third-order valence-electron chi connectivity index (χ3n) is 4.31. The number of esters is 1. The van der Waals surface area contributed by atoms with E-state index in [-0.39, 0.29) is 24.8 Å². The molecule has 2 aromatic rings. The summed E-state index contributed by atoms with van der Waals surface area (Å²) in [7, 11) is 0. The quantitative estimate of drug-likeness (QED) is 0.514. The van der Waals surface area contributed by atoms with Crippen LogP contribution in [0, 0.1) is 0 Å². The van der Waals surface area contributed by atoms with Crippen LogP contribution in [-0.2, 0) is 9.47 Å². The molecule has 1 aromatic heterocycles. The van der Waals surface area contributed by atoms with Crippen molar-refractivity contribution in [2.24, 2.45) is 5.73 Å². The lowest BCUT2D eigenvalue weighted by atomic mass is 10.1. The lowest BCUT2D eigenvalue weighted by molar-refractivity contribution is -0.0632. The maximum Gasteiger partial charge on any atom is 0.338 e. The van der Waals surface area contributed by atoms with Gasteiger partial charge < -0.3 is 34.9 Å². The molecule has 1 amide bonds. The van der Waals surface area contributed by atoms with Gasteiger partial charge in [0.05, 0.1) is 5.56 Å². The number of aliphatic hydroxyl groups excluding tert-OH is 2. The predicted octanol–water partition coefficient (Wildman–Crippen LogP) is -1.42. The Morgan fingerprint density at radius 3 is 2.79 bits per heavy atom. The molecule has 1 aromatic carbocycles. The molecule has 0 aliphatic carbocycles. The molecule has 12 nitrogen and oxygen atoms in total. The van der Waals surface area contributed by atoms with Gasteiger partial charge in [-0.3, -0.25) is 4.79 Å². The van der Waals surface area contributed by atoms with E-state index in [1.165, 1.54) is 12.1 Å². The average molecular weight is 392 g/mol. The molecule has 2 aliphatic rings. The maximum absolute atomic E-state index is 12.2. The van der Waals surface area contributed by atoms with Crippen LogP contribution >= 0.6 is 0 Å². The van der Waals surface area contributed by atoms with Crippen LogP contribution in [-0.4, -0.2) is 68.6 Å². The summed E-state index contributed by atoms with van der Waals surface area (Å²) >= 11 is 0. The van der Waals surface area contributed by atoms with E-state index in [1.54, 1.807) is 6.07 Å². The van der Waals surface area contributed by atoms with Crippen LogP contribution in [0.1, 0.15) is 27.2 Å². The number of hydrogen-bond donors (Lipinski definition) is 3. The fraction of sp³-hybridized carbons (Fsp3) is 0.375. The highest BCUT2D eigenvalue weighted by atomic mass is 16.7. The van der Waals surface area contributed by atoms with Gasteiger partial charge in [0.2, 0.25) is 12.6 Å². The van der Waals surface area contributed by atoms with Crippen LogP contribution in [0.5, 0.6) is 11.5 Å². The number of aliphatic hydroxyl groups is 2. The van der Waals surface area contributed by atoms with Gasteiger partial charge in [-0.05, 0) is 18.2 Å². The molecular weight excluding hydrogens is 376 g/mol. The lowest BCUT2D eigenvalue weighted by Crippen LogP contribution is -2.34. The number of aromatic nitrogens is 3. The van der Waals surface area contributed by atoms with Crippen molar-refractivity contribution in [3.8, 4) is 11.5 Å². The van der Waals surface area contributed by atoms with Crippen LogP contribution in [0.3, 0.4) is 0 Å². The van der Waals surface area contributed by atoms with E-state index >= 15 is 0 Å². The molecule has 0 bridgehead atoms. The molecule has 12 heteroatoms. The first kappa shape index (κ1) is 18.2. The molecular formula is C16H16N4O8. The van der Waals surface area contributed by atoms with Crippen LogP contribution in [0.15, 0.2) is 24.5 Å². The Morgan fingerprint density at radius 1 is 1.25 bits per heavy atom. The van der Waals surface area contributed by atoms with Gasteiger partial charge in [0.15, 0.2) is 17.7 Å². The summed E-state index contributed by atoms with van der Waals surface area (Å²) in [5.41, 5.74) is 5.31. The van der Waals surface area contributed by atoms with Gasteiger partial charge >= 0.3 is 5.97 Å². The summed E-state index contributed by atoms with van der Waals surface area (Å²) in [6.07, 6.45) is -3.72. The molecule has 4 atom stereocenters. The van der Waals surface area contributed by atoms with E-state index in [2.05, 4.69) is 10.1 Å². The van der Waals surface area contributed by atoms with Gasteiger partial charge in [-0.25, -0.2) is 14.5 Å². The fourth-order valence-electron chi connectivity index (χ4n) is 2.86. The summed E-state index contributed by atoms with van der Waals surface area (Å²) in [5, 5.41) is 24.1. The highest BCUT2D eigenvalue weighted by Gasteiger charge is 2.45. The number of carbonyl (C=O) groups excluding carboxylic acids is 2. The number of carbonyl (C=O) groups is 2. The normalized spacial score (nSPS) is 25.6. The van der Waals surface area contributed by atoms with Crippen LogP contribution in [0.2, 0.25) is 0 Å². The number of hydrogen-bond acceptors (Lipinski definition) is 10. The largest absolute Gasteiger partial charge is 0.459 e. The molecule has 1 unspecified atom stereocenters. The Kier molecular flexibility index (Phi) is 4.58. The molecule has 148 valence electrons.